The molecule has 3 N–H and O–H groups in total. The maximum atomic E-state index is 13.9. The van der Waals surface area contributed by atoms with Crippen molar-refractivity contribution in [3.63, 3.8) is 0 Å². The number of aromatic amines is 1. The molecule has 0 radical (unpaired) electrons. The number of nitrogens with one attached hydrogen (secondary N) is 3. The van der Waals surface area contributed by atoms with E-state index in [0.717, 1.165) is 74.4 Å². The summed E-state index contributed by atoms with van der Waals surface area (Å²) in [5.41, 5.74) is 4.74. The van der Waals surface area contributed by atoms with E-state index < -0.39 is 37.9 Å². The summed E-state index contributed by atoms with van der Waals surface area (Å²) in [6.07, 6.45) is 5.19. The predicted molar refractivity (Wildman–Crippen MR) is 237 cm³/mol. The third-order valence-electron chi connectivity index (χ3n) is 12.3. The van der Waals surface area contributed by atoms with Crippen LogP contribution in [0.3, 0.4) is 0 Å². The van der Waals surface area contributed by atoms with Crippen molar-refractivity contribution in [1.29, 1.82) is 0 Å². The molecule has 63 heavy (non-hydrogen) atoms. The molecule has 2 aromatic heterocycles. The molecule has 17 heteroatoms. The minimum Gasteiger partial charge on any atom is -0.455 e. The van der Waals surface area contributed by atoms with E-state index in [4.69, 9.17) is 9.47 Å². The van der Waals surface area contributed by atoms with Crippen LogP contribution in [0.5, 0.6) is 11.5 Å². The van der Waals surface area contributed by atoms with Crippen LogP contribution in [-0.4, -0.2) is 86.6 Å². The lowest BCUT2D eigenvalue weighted by Gasteiger charge is -2.39. The summed E-state index contributed by atoms with van der Waals surface area (Å²) in [6.45, 7) is 9.76. The maximum absolute atomic E-state index is 13.9. The molecule has 4 heterocycles. The minimum atomic E-state index is -4.58. The number of nitro groups is 1. The number of rotatable bonds is 14. The molecule has 0 spiro atoms. The third kappa shape index (κ3) is 10.3. The fraction of sp³-hybridized carbons (Fsp3) is 0.391. The lowest BCUT2D eigenvalue weighted by Crippen LogP contribution is -2.47. The van der Waals surface area contributed by atoms with Crippen LogP contribution in [0, 0.1) is 21.4 Å². The van der Waals surface area contributed by atoms with Gasteiger partial charge in [-0.05, 0) is 91.0 Å². The lowest BCUT2D eigenvalue weighted by atomic mass is 9.72. The van der Waals surface area contributed by atoms with Gasteiger partial charge in [0, 0.05) is 87.4 Å². The number of fused-ring (bicyclic) bond motifs is 1. The first-order chi connectivity index (χ1) is 30.2. The Labute approximate surface area is 364 Å². The second-order valence-corrected chi connectivity index (χ2v) is 19.0. The van der Waals surface area contributed by atoms with Crippen molar-refractivity contribution in [2.45, 2.75) is 57.3 Å². The van der Waals surface area contributed by atoms with Crippen molar-refractivity contribution in [3.8, 4) is 11.5 Å². The van der Waals surface area contributed by atoms with Crippen LogP contribution in [0.4, 0.5) is 25.8 Å². The maximum Gasteiger partial charge on any atom is 0.293 e. The van der Waals surface area contributed by atoms with Gasteiger partial charge in [0.1, 0.15) is 22.8 Å². The number of alkyl halides is 2. The topological polar surface area (TPSA) is 172 Å². The van der Waals surface area contributed by atoms with Crippen LogP contribution in [-0.2, 0) is 14.8 Å². The molecule has 0 atom stereocenters. The Bertz CT molecular complexity index is 2620. The molecular formula is C46H51F2N7O7S. The quantitative estimate of drug-likeness (QED) is 0.0718. The minimum absolute atomic E-state index is 0.0154. The second kappa shape index (κ2) is 18.4. The molecule has 3 aliphatic rings. The summed E-state index contributed by atoms with van der Waals surface area (Å²) in [5, 5.41) is 15.9. The van der Waals surface area contributed by atoms with E-state index in [1.165, 1.54) is 47.7 Å². The van der Waals surface area contributed by atoms with Crippen molar-refractivity contribution in [1.82, 2.24) is 19.6 Å². The predicted octanol–water partition coefficient (Wildman–Crippen LogP) is 8.94. The van der Waals surface area contributed by atoms with E-state index in [0.29, 0.717) is 44.2 Å². The number of benzene rings is 3. The molecule has 1 aliphatic carbocycles. The highest BCUT2D eigenvalue weighted by atomic mass is 32.2. The van der Waals surface area contributed by atoms with Crippen molar-refractivity contribution in [2.24, 2.45) is 11.3 Å². The number of piperazine rings is 1. The third-order valence-corrected chi connectivity index (χ3v) is 13.6. The van der Waals surface area contributed by atoms with Crippen molar-refractivity contribution >= 4 is 49.6 Å². The van der Waals surface area contributed by atoms with Crippen molar-refractivity contribution < 1.29 is 36.4 Å². The SMILES string of the molecule is CC1(C)CCC(CN2CCN(c3ccc(C(=O)NS(=O)(=O)c4ccc(NCC5CCOCC5)c([N+](=O)[O-])c4)c(Oc4cnc5[nH]ccc5c4)c3)CC2)=C(c2ccc(C(F)F)cc2)C1. The molecule has 14 nitrogen and oxygen atoms in total. The van der Waals surface area contributed by atoms with Gasteiger partial charge in [0.25, 0.3) is 28.0 Å². The average molecular weight is 884 g/mol. The van der Waals surface area contributed by atoms with Gasteiger partial charge in [-0.2, -0.15) is 0 Å². The Morgan fingerprint density at radius 3 is 2.52 bits per heavy atom. The summed E-state index contributed by atoms with van der Waals surface area (Å²) >= 11 is 0. The number of amides is 1. The largest absolute Gasteiger partial charge is 0.455 e. The summed E-state index contributed by atoms with van der Waals surface area (Å²) in [6, 6.07) is 18.7. The van der Waals surface area contributed by atoms with Gasteiger partial charge in [0.15, 0.2) is 0 Å². The highest BCUT2D eigenvalue weighted by Crippen LogP contribution is 2.44. The van der Waals surface area contributed by atoms with Crippen LogP contribution in [0.25, 0.3) is 16.6 Å². The Hall–Kier alpha value is -5.91. The van der Waals surface area contributed by atoms with Crippen LogP contribution < -0.4 is 19.7 Å². The number of allylic oxidation sites excluding steroid dienone is 1. The molecule has 2 fully saturated rings. The van der Waals surface area contributed by atoms with E-state index >= 15 is 0 Å². The number of nitrogens with zero attached hydrogens (tertiary/aromatic N) is 4. The zero-order chi connectivity index (χ0) is 44.3. The van der Waals surface area contributed by atoms with E-state index in [-0.39, 0.29) is 33.9 Å². The molecule has 332 valence electrons. The number of ether oxygens (including phenoxy) is 2. The number of halogens is 2. The Morgan fingerprint density at radius 1 is 1.03 bits per heavy atom. The number of carbonyl (C=O) groups excluding carboxylic acids is 1. The van der Waals surface area contributed by atoms with Gasteiger partial charge in [-0.3, -0.25) is 19.8 Å². The highest BCUT2D eigenvalue weighted by Gasteiger charge is 2.31. The first kappa shape index (κ1) is 43.7. The summed E-state index contributed by atoms with van der Waals surface area (Å²) in [5.74, 6) is -0.305. The second-order valence-electron chi connectivity index (χ2n) is 17.3. The van der Waals surface area contributed by atoms with Crippen molar-refractivity contribution in [2.75, 3.05) is 62.7 Å². The summed E-state index contributed by atoms with van der Waals surface area (Å²) < 4.78 is 67.8. The standard InChI is InChI=1S/C46H51F2N7O7S/c1-46(2)15-11-34(39(26-46)31-3-5-32(6-4-31)43(47)48)29-53-17-19-54(20-18-53)35-7-9-38(42(24-35)62-36-23-33-12-16-49-44(33)51-28-36)45(56)52-63(59,60)37-8-10-40(41(25-37)55(57)58)50-27-30-13-21-61-22-14-30/h3-10,12,16,23-25,28,30,43,50H,11,13-15,17-22,26-27,29H2,1-2H3,(H,49,51)(H,52,56). The van der Waals surface area contributed by atoms with Gasteiger partial charge in [-0.25, -0.2) is 26.9 Å². The van der Waals surface area contributed by atoms with Gasteiger partial charge in [0.05, 0.1) is 21.6 Å². The van der Waals surface area contributed by atoms with Gasteiger partial charge < -0.3 is 24.7 Å². The first-order valence-corrected chi connectivity index (χ1v) is 22.7. The Morgan fingerprint density at radius 2 is 1.79 bits per heavy atom. The molecule has 0 bridgehead atoms. The number of sulfonamides is 1. The lowest BCUT2D eigenvalue weighted by molar-refractivity contribution is -0.384. The molecular weight excluding hydrogens is 833 g/mol. The van der Waals surface area contributed by atoms with Crippen LogP contribution in [0.2, 0.25) is 0 Å². The van der Waals surface area contributed by atoms with E-state index in [1.807, 2.05) is 18.2 Å². The molecule has 2 saturated heterocycles. The molecule has 5 aromatic rings. The molecule has 2 aliphatic heterocycles. The van der Waals surface area contributed by atoms with E-state index in [1.54, 1.807) is 24.4 Å². The van der Waals surface area contributed by atoms with Gasteiger partial charge in [0.2, 0.25) is 0 Å². The number of aromatic nitrogens is 2. The Kier molecular flexibility index (Phi) is 12.8. The number of hydrogen-bond acceptors (Lipinski definition) is 11. The fourth-order valence-corrected chi connectivity index (χ4v) is 9.56. The van der Waals surface area contributed by atoms with Crippen LogP contribution in [0.15, 0.2) is 95.7 Å². The molecule has 3 aromatic carbocycles. The number of H-pyrrole nitrogens is 1. The van der Waals surface area contributed by atoms with Crippen LogP contribution in [0.1, 0.15) is 73.9 Å². The summed E-state index contributed by atoms with van der Waals surface area (Å²) in [4.78, 5) is 36.9. The molecule has 0 unspecified atom stereocenters. The van der Waals surface area contributed by atoms with Gasteiger partial charge >= 0.3 is 0 Å². The van der Waals surface area contributed by atoms with E-state index in [2.05, 4.69) is 43.7 Å². The molecule has 1 amide bonds. The zero-order valence-corrected chi connectivity index (χ0v) is 36.1. The average Bonchev–Trinajstić information content (AvgIpc) is 3.75. The number of carbonyl (C=O) groups is 1. The molecule has 0 saturated carbocycles. The molecule has 8 rings (SSSR count). The monoisotopic (exact) mass is 883 g/mol. The smallest absolute Gasteiger partial charge is 0.293 e. The van der Waals surface area contributed by atoms with Gasteiger partial charge in [-0.15, -0.1) is 0 Å². The first-order valence-electron chi connectivity index (χ1n) is 21.2. The van der Waals surface area contributed by atoms with E-state index in [9.17, 15) is 32.1 Å². The van der Waals surface area contributed by atoms with Crippen molar-refractivity contribution in [3.05, 3.63) is 118 Å². The van der Waals surface area contributed by atoms with Crippen LogP contribution >= 0.6 is 0 Å². The number of nitro benzene ring substituents is 1. The Balaban J connectivity index is 1.000. The van der Waals surface area contributed by atoms with Gasteiger partial charge in [-0.1, -0.05) is 43.7 Å². The number of anilines is 2. The normalized spacial score (nSPS) is 17.6. The fourth-order valence-electron chi connectivity index (χ4n) is 8.58. The zero-order valence-electron chi connectivity index (χ0n) is 35.2. The highest BCUT2D eigenvalue weighted by molar-refractivity contribution is 7.90. The summed E-state index contributed by atoms with van der Waals surface area (Å²) in [7, 11) is -4.58. The number of pyridine rings is 1. The number of hydrogen-bond donors (Lipinski definition) is 3.